The Balaban J connectivity index is 0.00000514. The van der Waals surface area contributed by atoms with Crippen LogP contribution >= 0.6 is 12.0 Å². The van der Waals surface area contributed by atoms with Crippen LogP contribution in [0.15, 0.2) is 92.4 Å². The van der Waals surface area contributed by atoms with Crippen molar-refractivity contribution in [2.24, 2.45) is 23.6 Å². The van der Waals surface area contributed by atoms with Crippen molar-refractivity contribution in [3.63, 3.8) is 0 Å². The fourth-order valence-corrected chi connectivity index (χ4v) is 9.59. The molecule has 5 heterocycles. The quantitative estimate of drug-likeness (QED) is 0.0497. The molecule has 0 amide bonds. The van der Waals surface area contributed by atoms with Crippen LogP contribution in [0, 0.1) is 0 Å². The maximum Gasteiger partial charge on any atom is 2.00 e. The van der Waals surface area contributed by atoms with Crippen molar-refractivity contribution in [1.29, 1.82) is 0 Å². The summed E-state index contributed by atoms with van der Waals surface area (Å²) >= 11 is 0.642. The van der Waals surface area contributed by atoms with Gasteiger partial charge in [0.2, 0.25) is 0 Å². The fraction of sp³-hybridized carbons (Fsp3) is 0. The Kier molecular flexibility index (Phi) is 10.9. The van der Waals surface area contributed by atoms with Gasteiger partial charge in [-0.15, -0.1) is 9.32 Å². The Morgan fingerprint density at radius 2 is 0.918 bits per heavy atom. The van der Waals surface area contributed by atoms with Crippen LogP contribution < -0.4 is 33.6 Å². The molecular formula is C32H20CuN12O12S4. The molecule has 24 nitrogen and oxygen atoms in total. The molecule has 7 aromatic rings. The maximum atomic E-state index is 13.2. The molecule has 0 unspecified atom stereocenters. The van der Waals surface area contributed by atoms with Gasteiger partial charge < -0.3 is 29.9 Å². The van der Waals surface area contributed by atoms with E-state index in [2.05, 4.69) is 52.8 Å². The van der Waals surface area contributed by atoms with Crippen molar-refractivity contribution in [3.8, 4) is 45.6 Å². The first-order chi connectivity index (χ1) is 28.8. The first-order valence-corrected chi connectivity index (χ1v) is 21.3. The van der Waals surface area contributed by atoms with Gasteiger partial charge in [0.05, 0.1) is 35.3 Å². The number of benzene rings is 4. The molecule has 315 valence electrons. The summed E-state index contributed by atoms with van der Waals surface area (Å²) in [7, 11) is -14.0. The smallest absolute Gasteiger partial charge is 0.357 e. The summed E-state index contributed by atoms with van der Waals surface area (Å²) in [4.78, 5) is 40.1. The third-order valence-electron chi connectivity index (χ3n) is 9.04. The minimum atomic E-state index is -4.68. The molecule has 29 heteroatoms. The number of rotatable bonds is 10. The third-order valence-corrected chi connectivity index (χ3v) is 13.1. The monoisotopic (exact) mass is 955 g/mol. The van der Waals surface area contributed by atoms with Gasteiger partial charge in [-0.05, 0) is 40.1 Å². The first kappa shape index (κ1) is 42.3. The van der Waals surface area contributed by atoms with Gasteiger partial charge in [0, 0.05) is 60.5 Å². The van der Waals surface area contributed by atoms with Gasteiger partial charge in [-0.3, -0.25) is 0 Å². The summed E-state index contributed by atoms with van der Waals surface area (Å²) in [5.41, 5.74) is -0.766. The van der Waals surface area contributed by atoms with E-state index >= 15 is 0 Å². The van der Waals surface area contributed by atoms with Crippen LogP contribution in [0.4, 0.5) is 0 Å². The van der Waals surface area contributed by atoms with Crippen LogP contribution in [-0.2, 0) is 74.6 Å². The summed E-state index contributed by atoms with van der Waals surface area (Å²) < 4.78 is 97.5. The second-order valence-electron chi connectivity index (χ2n) is 12.2. The van der Waals surface area contributed by atoms with Gasteiger partial charge in [0.25, 0.3) is 0 Å². The normalized spacial score (nSPS) is 12.7. The second kappa shape index (κ2) is 15.8. The molecule has 0 saturated heterocycles. The van der Waals surface area contributed by atoms with Gasteiger partial charge in [0.15, 0.2) is 0 Å². The van der Waals surface area contributed by atoms with E-state index in [4.69, 9.17) is 37.9 Å². The van der Waals surface area contributed by atoms with Crippen LogP contribution in [-0.4, -0.2) is 55.2 Å². The number of hydrogen-bond acceptors (Lipinski definition) is 23. The topological polar surface area (TPSA) is 367 Å². The number of hydrogen-bond donors (Lipinski definition) is 4. The van der Waals surface area contributed by atoms with Crippen LogP contribution in [0.3, 0.4) is 0 Å². The Morgan fingerprint density at radius 3 is 1.43 bits per heavy atom. The molecule has 61 heavy (non-hydrogen) atoms. The van der Waals surface area contributed by atoms with Gasteiger partial charge in [-0.1, -0.05) is 48.5 Å². The molecule has 1 radical (unpaired) electrons. The SMILES string of the molecule is NOOOSc1cccc2c3nc4nc(nc5[n-]c(nc6nc(nc([n-]3)c12)-c1cccc(S(=O)(=O)ON)c1-6)c1cccc(S(=O)(=O)ON)c51)-c1cccc(S(=O)(=O)ON)c1-4.[Cu+2]. The third kappa shape index (κ3) is 7.02. The molecule has 0 saturated carbocycles. The van der Waals surface area contributed by atoms with Crippen molar-refractivity contribution in [2.75, 3.05) is 0 Å². The van der Waals surface area contributed by atoms with Crippen LogP contribution in [0.1, 0.15) is 0 Å². The molecule has 0 atom stereocenters. The summed E-state index contributed by atoms with van der Waals surface area (Å²) in [6.07, 6.45) is 0. The van der Waals surface area contributed by atoms with E-state index in [1.165, 1.54) is 54.6 Å². The number of nitrogens with two attached hydrogens (primary N) is 4. The van der Waals surface area contributed by atoms with Crippen LogP contribution in [0.5, 0.6) is 0 Å². The Morgan fingerprint density at radius 1 is 0.492 bits per heavy atom. The molecule has 0 fully saturated rings. The van der Waals surface area contributed by atoms with Gasteiger partial charge in [0.1, 0.15) is 14.7 Å². The van der Waals surface area contributed by atoms with Gasteiger partial charge in [-0.2, -0.15) is 61.7 Å². The Bertz CT molecular complexity index is 3460. The maximum absolute atomic E-state index is 13.2. The zero-order chi connectivity index (χ0) is 42.1. The standard InChI is InChI=1S/C32H20N12O12S4.Cu/c33-51-55-56-57-17-9-1-5-13-21(17)29-37-25(13)39-30-23-15(7-3-11-19(23)59(47,48)53-35)27(41-30)43-32-24-16(8-4-12-20(24)60(49,50)54-36)28(44-32)42-31-22-14(26(38-29)40-31)6-2-10-18(22)58(45,46)52-34;/h1-12H,33-36H2;/q-2;+2. The largest absolute Gasteiger partial charge is 2.00 e. The van der Waals surface area contributed by atoms with Crippen LogP contribution in [0.25, 0.3) is 89.7 Å². The number of nitrogens with zero attached hydrogens (tertiary/aromatic N) is 8. The summed E-state index contributed by atoms with van der Waals surface area (Å²) in [6.45, 7) is 0. The van der Waals surface area contributed by atoms with Crippen molar-refractivity contribution in [2.45, 2.75) is 19.6 Å². The molecule has 3 aromatic heterocycles. The summed E-state index contributed by atoms with van der Waals surface area (Å²) in [5, 5.41) is 4.85. The molecule has 8 N–H and O–H groups in total. The van der Waals surface area contributed by atoms with E-state index in [1.807, 2.05) is 0 Å². The summed E-state index contributed by atoms with van der Waals surface area (Å²) in [5.74, 6) is 19.7. The molecular weight excluding hydrogens is 936 g/mol. The minimum Gasteiger partial charge on any atom is -0.357 e. The molecule has 2 aliphatic heterocycles. The predicted molar refractivity (Wildman–Crippen MR) is 205 cm³/mol. The fourth-order valence-electron chi connectivity index (χ4n) is 6.64. The molecule has 0 spiro atoms. The van der Waals surface area contributed by atoms with E-state index in [-0.39, 0.29) is 101 Å². The number of aromatic nitrogens is 8. The van der Waals surface area contributed by atoms with E-state index in [0.717, 1.165) is 0 Å². The molecule has 0 aliphatic carbocycles. The average molecular weight is 956 g/mol. The van der Waals surface area contributed by atoms with E-state index < -0.39 is 45.0 Å². The van der Waals surface area contributed by atoms with E-state index in [0.29, 0.717) is 22.3 Å². The van der Waals surface area contributed by atoms with Crippen molar-refractivity contribution in [3.05, 3.63) is 72.8 Å². The second-order valence-corrected chi connectivity index (χ2v) is 17.5. The minimum absolute atomic E-state index is 0. The van der Waals surface area contributed by atoms with Crippen LogP contribution in [0.2, 0.25) is 0 Å². The first-order valence-electron chi connectivity index (χ1n) is 16.3. The molecule has 4 aromatic carbocycles. The molecule has 9 rings (SSSR count). The van der Waals surface area contributed by atoms with Gasteiger partial charge >= 0.3 is 47.4 Å². The van der Waals surface area contributed by atoms with Crippen molar-refractivity contribution < 1.29 is 69.5 Å². The number of fused-ring (bicyclic) bond motifs is 20. The van der Waals surface area contributed by atoms with Gasteiger partial charge in [-0.25, -0.2) is 9.97 Å². The van der Waals surface area contributed by atoms with Crippen molar-refractivity contribution >= 4 is 86.5 Å². The molecule has 2 aliphatic rings. The zero-order valence-electron chi connectivity index (χ0n) is 29.6. The summed E-state index contributed by atoms with van der Waals surface area (Å²) in [6, 6.07) is 16.9. The Hall–Kier alpha value is -5.44. The van der Waals surface area contributed by atoms with E-state index in [9.17, 15) is 25.3 Å². The van der Waals surface area contributed by atoms with Crippen molar-refractivity contribution in [1.82, 2.24) is 39.9 Å². The zero-order valence-corrected chi connectivity index (χ0v) is 33.9. The molecule has 8 bridgehead atoms. The average Bonchev–Trinajstić information content (AvgIpc) is 3.99. The van der Waals surface area contributed by atoms with E-state index in [1.54, 1.807) is 18.2 Å². The predicted octanol–water partition coefficient (Wildman–Crippen LogP) is 1.62. The Labute approximate surface area is 355 Å².